The van der Waals surface area contributed by atoms with Crippen molar-refractivity contribution in [1.29, 1.82) is 0 Å². The summed E-state index contributed by atoms with van der Waals surface area (Å²) in [5.41, 5.74) is 0. The largest absolute Gasteiger partial charge is 0.465 e. The highest BCUT2D eigenvalue weighted by molar-refractivity contribution is 5.80. The minimum absolute atomic E-state index is 0.0800. The third-order valence-corrected chi connectivity index (χ3v) is 2.86. The van der Waals surface area contributed by atoms with Gasteiger partial charge in [0, 0.05) is 13.1 Å². The van der Waals surface area contributed by atoms with Crippen molar-refractivity contribution in [2.45, 2.75) is 26.2 Å². The third-order valence-electron chi connectivity index (χ3n) is 2.86. The average Bonchev–Trinajstić information content (AvgIpc) is 2.38. The fourth-order valence-electron chi connectivity index (χ4n) is 1.94. The molecule has 1 fully saturated rings. The second-order valence-corrected chi connectivity index (χ2v) is 4.32. The van der Waals surface area contributed by atoms with Crippen molar-refractivity contribution in [3.05, 3.63) is 0 Å². The summed E-state index contributed by atoms with van der Waals surface area (Å²) in [6.07, 6.45) is 3.80. The number of likely N-dealkylation sites (tertiary alicyclic amines) is 1. The number of nitrogens with zero attached hydrogens (tertiary/aromatic N) is 1. The Morgan fingerprint density at radius 2 is 1.89 bits per heavy atom. The van der Waals surface area contributed by atoms with Crippen molar-refractivity contribution >= 4 is 12.0 Å². The lowest BCUT2D eigenvalue weighted by Crippen LogP contribution is -2.43. The van der Waals surface area contributed by atoms with Crippen LogP contribution in [0.4, 0.5) is 4.79 Å². The SMILES string of the molecule is CCOC(=O)CNC(=O)NCCN1CCCCC1. The van der Waals surface area contributed by atoms with Gasteiger partial charge in [-0.25, -0.2) is 4.79 Å². The van der Waals surface area contributed by atoms with Gasteiger partial charge in [0.05, 0.1) is 6.61 Å². The number of esters is 1. The summed E-state index contributed by atoms with van der Waals surface area (Å²) in [6, 6.07) is -0.319. The summed E-state index contributed by atoms with van der Waals surface area (Å²) in [7, 11) is 0. The second kappa shape index (κ2) is 8.74. The zero-order valence-electron chi connectivity index (χ0n) is 11.0. The van der Waals surface area contributed by atoms with E-state index in [2.05, 4.69) is 15.5 Å². The molecule has 0 bridgehead atoms. The molecule has 1 aliphatic rings. The van der Waals surface area contributed by atoms with E-state index in [9.17, 15) is 9.59 Å². The molecule has 0 unspecified atom stereocenters. The molecule has 0 atom stereocenters. The van der Waals surface area contributed by atoms with Crippen LogP contribution in [0.5, 0.6) is 0 Å². The van der Waals surface area contributed by atoms with Gasteiger partial charge in [-0.15, -0.1) is 0 Å². The first-order chi connectivity index (χ1) is 8.72. The maximum Gasteiger partial charge on any atom is 0.325 e. The highest BCUT2D eigenvalue weighted by Crippen LogP contribution is 2.07. The molecular formula is C12H23N3O3. The van der Waals surface area contributed by atoms with E-state index in [1.165, 1.54) is 19.3 Å². The Kier molecular flexibility index (Phi) is 7.17. The van der Waals surface area contributed by atoms with E-state index in [4.69, 9.17) is 4.74 Å². The lowest BCUT2D eigenvalue weighted by atomic mass is 10.1. The standard InChI is InChI=1S/C12H23N3O3/c1-2-18-11(16)10-14-12(17)13-6-9-15-7-4-3-5-8-15/h2-10H2,1H3,(H2,13,14,17). The van der Waals surface area contributed by atoms with Crippen LogP contribution in [0.2, 0.25) is 0 Å². The lowest BCUT2D eigenvalue weighted by Gasteiger charge is -2.26. The first-order valence-corrected chi connectivity index (χ1v) is 6.62. The fraction of sp³-hybridized carbons (Fsp3) is 0.833. The minimum atomic E-state index is -0.413. The van der Waals surface area contributed by atoms with Crippen LogP contribution in [-0.4, -0.2) is 56.2 Å². The summed E-state index contributed by atoms with van der Waals surface area (Å²) < 4.78 is 4.70. The van der Waals surface area contributed by atoms with Crippen LogP contribution in [0.15, 0.2) is 0 Å². The van der Waals surface area contributed by atoms with Crippen molar-refractivity contribution in [1.82, 2.24) is 15.5 Å². The molecule has 2 N–H and O–H groups in total. The third kappa shape index (κ3) is 6.44. The Hall–Kier alpha value is -1.30. The molecule has 104 valence electrons. The molecule has 1 saturated heterocycles. The Morgan fingerprint density at radius 3 is 2.56 bits per heavy atom. The number of hydrogen-bond acceptors (Lipinski definition) is 4. The first-order valence-electron chi connectivity index (χ1n) is 6.62. The number of nitrogens with one attached hydrogen (secondary N) is 2. The van der Waals surface area contributed by atoms with Crippen LogP contribution in [0.1, 0.15) is 26.2 Å². The summed E-state index contributed by atoms with van der Waals surface area (Å²) in [4.78, 5) is 24.7. The number of ether oxygens (including phenoxy) is 1. The monoisotopic (exact) mass is 257 g/mol. The molecule has 0 aromatic carbocycles. The average molecular weight is 257 g/mol. The van der Waals surface area contributed by atoms with Crippen LogP contribution in [-0.2, 0) is 9.53 Å². The van der Waals surface area contributed by atoms with E-state index < -0.39 is 5.97 Å². The molecule has 18 heavy (non-hydrogen) atoms. The normalized spacial score (nSPS) is 16.1. The smallest absolute Gasteiger partial charge is 0.325 e. The highest BCUT2D eigenvalue weighted by atomic mass is 16.5. The number of rotatable bonds is 6. The molecule has 0 aromatic rings. The maximum absolute atomic E-state index is 11.3. The number of piperidine rings is 1. The Labute approximate surface area is 108 Å². The molecule has 0 spiro atoms. The second-order valence-electron chi connectivity index (χ2n) is 4.32. The maximum atomic E-state index is 11.3. The zero-order valence-corrected chi connectivity index (χ0v) is 11.0. The first kappa shape index (κ1) is 14.8. The molecule has 0 aliphatic carbocycles. The molecule has 0 aromatic heterocycles. The molecule has 0 radical (unpaired) electrons. The number of urea groups is 1. The van der Waals surface area contributed by atoms with E-state index in [1.807, 2.05) is 0 Å². The van der Waals surface area contributed by atoms with Crippen LogP contribution < -0.4 is 10.6 Å². The van der Waals surface area contributed by atoms with Gasteiger partial charge < -0.3 is 20.3 Å². The summed E-state index contributed by atoms with van der Waals surface area (Å²) >= 11 is 0. The Bertz CT molecular complexity index is 265. The Morgan fingerprint density at radius 1 is 1.17 bits per heavy atom. The van der Waals surface area contributed by atoms with Gasteiger partial charge in [0.15, 0.2) is 0 Å². The van der Waals surface area contributed by atoms with Gasteiger partial charge in [-0.3, -0.25) is 4.79 Å². The number of hydrogen-bond donors (Lipinski definition) is 2. The zero-order chi connectivity index (χ0) is 13.2. The summed E-state index contributed by atoms with van der Waals surface area (Å²) in [5, 5.41) is 5.19. The number of amides is 2. The van der Waals surface area contributed by atoms with Gasteiger partial charge in [-0.2, -0.15) is 0 Å². The van der Waals surface area contributed by atoms with Crippen LogP contribution >= 0.6 is 0 Å². The molecule has 1 rings (SSSR count). The van der Waals surface area contributed by atoms with Crippen molar-refractivity contribution in [3.8, 4) is 0 Å². The van der Waals surface area contributed by atoms with Crippen LogP contribution in [0.3, 0.4) is 0 Å². The van der Waals surface area contributed by atoms with Gasteiger partial charge in [0.2, 0.25) is 0 Å². The van der Waals surface area contributed by atoms with Gasteiger partial charge in [-0.05, 0) is 32.9 Å². The molecular weight excluding hydrogens is 234 g/mol. The molecule has 0 saturated carbocycles. The van der Waals surface area contributed by atoms with E-state index >= 15 is 0 Å². The molecule has 2 amide bonds. The highest BCUT2D eigenvalue weighted by Gasteiger charge is 2.10. The van der Waals surface area contributed by atoms with E-state index in [0.29, 0.717) is 13.2 Å². The van der Waals surface area contributed by atoms with Gasteiger partial charge >= 0.3 is 12.0 Å². The van der Waals surface area contributed by atoms with Crippen molar-refractivity contribution in [2.75, 3.05) is 39.3 Å². The number of carbonyl (C=O) groups is 2. The topological polar surface area (TPSA) is 70.7 Å². The molecule has 6 nitrogen and oxygen atoms in total. The van der Waals surface area contributed by atoms with Crippen molar-refractivity contribution < 1.29 is 14.3 Å². The fourth-order valence-corrected chi connectivity index (χ4v) is 1.94. The molecule has 1 aliphatic heterocycles. The lowest BCUT2D eigenvalue weighted by molar-refractivity contribution is -0.141. The van der Waals surface area contributed by atoms with Gasteiger partial charge in [-0.1, -0.05) is 6.42 Å². The Balaban J connectivity index is 2.00. The van der Waals surface area contributed by atoms with E-state index in [0.717, 1.165) is 19.6 Å². The van der Waals surface area contributed by atoms with Crippen LogP contribution in [0, 0.1) is 0 Å². The predicted octanol–water partition coefficient (Wildman–Crippen LogP) is 0.335. The molecule has 6 heteroatoms. The summed E-state index contributed by atoms with van der Waals surface area (Å²) in [5.74, 6) is -0.413. The van der Waals surface area contributed by atoms with Gasteiger partial charge in [0.1, 0.15) is 6.54 Å². The quantitative estimate of drug-likeness (QED) is 0.673. The number of carbonyl (C=O) groups excluding carboxylic acids is 2. The molecule has 1 heterocycles. The summed E-state index contributed by atoms with van der Waals surface area (Å²) in [6.45, 7) is 5.69. The van der Waals surface area contributed by atoms with Crippen molar-refractivity contribution in [3.63, 3.8) is 0 Å². The van der Waals surface area contributed by atoms with Crippen molar-refractivity contribution in [2.24, 2.45) is 0 Å². The van der Waals surface area contributed by atoms with Crippen LogP contribution in [0.25, 0.3) is 0 Å². The van der Waals surface area contributed by atoms with Gasteiger partial charge in [0.25, 0.3) is 0 Å². The predicted molar refractivity (Wildman–Crippen MR) is 68.3 cm³/mol. The van der Waals surface area contributed by atoms with E-state index in [1.54, 1.807) is 6.92 Å². The van der Waals surface area contributed by atoms with E-state index in [-0.39, 0.29) is 12.6 Å². The minimum Gasteiger partial charge on any atom is -0.465 e.